The summed E-state index contributed by atoms with van der Waals surface area (Å²) in [5.74, 6) is 0. The lowest BCUT2D eigenvalue weighted by molar-refractivity contribution is 0.498. The Morgan fingerprint density at radius 3 is 1.40 bits per heavy atom. The molecule has 0 aliphatic heterocycles. The Bertz CT molecular complexity index is 270. The minimum Gasteiger partial charge on any atom is -0.169 e. The van der Waals surface area contributed by atoms with Crippen molar-refractivity contribution < 1.29 is 27.8 Å². The molecule has 0 radical (unpaired) electrons. The summed E-state index contributed by atoms with van der Waals surface area (Å²) in [6.07, 6.45) is 0. The van der Waals surface area contributed by atoms with Gasteiger partial charge in [-0.2, -0.15) is 8.42 Å². The predicted molar refractivity (Wildman–Crippen MR) is 24.3 cm³/mol. The van der Waals surface area contributed by atoms with Crippen LogP contribution in [0.2, 0.25) is 0 Å². The molecule has 0 aliphatic carbocycles. The van der Waals surface area contributed by atoms with Crippen molar-refractivity contribution in [1.82, 2.24) is 0 Å². The summed E-state index contributed by atoms with van der Waals surface area (Å²) in [7, 11) is -14.5. The van der Waals surface area contributed by atoms with Crippen molar-refractivity contribution in [2.45, 2.75) is 0 Å². The molecule has 0 fully saturated rings. The third-order valence-electron chi connectivity index (χ3n) is 0.202. The Kier molecular flexibility index (Phi) is 1.83. The molecule has 0 atom stereocenters. The van der Waals surface area contributed by atoms with Gasteiger partial charge in [-0.3, -0.25) is 0 Å². The Labute approximate surface area is 53.4 Å². The van der Waals surface area contributed by atoms with E-state index in [0.717, 1.165) is 0 Å². The van der Waals surface area contributed by atoms with Gasteiger partial charge in [-0.1, -0.05) is 19.4 Å². The average Bonchev–Trinajstić information content (AvgIpc) is 1.09. The molecule has 0 N–H and O–H groups in total. The molecule has 0 aromatic carbocycles. The minimum absolute atomic E-state index is 0.421. The maximum atomic E-state index is 11.0. The molecule has 10 heteroatoms. The van der Waals surface area contributed by atoms with Crippen molar-refractivity contribution in [1.29, 1.82) is 0 Å². The zero-order valence-electron chi connectivity index (χ0n) is 3.97. The highest BCUT2D eigenvalue weighted by Gasteiger charge is 2.35. The van der Waals surface area contributed by atoms with Crippen LogP contribution in [0.25, 0.3) is 0 Å². The van der Waals surface area contributed by atoms with Gasteiger partial charge in [0.2, 0.25) is 0 Å². The van der Waals surface area contributed by atoms with Crippen LogP contribution in [0.5, 0.6) is 0 Å². The van der Waals surface area contributed by atoms with E-state index in [1.165, 1.54) is 0 Å². The molecule has 0 aliphatic rings. The third-order valence-corrected chi connectivity index (χ3v) is 1.82. The molecular formula is F5NO2S2. The molecule has 64 valence electrons. The van der Waals surface area contributed by atoms with Crippen LogP contribution in [0, 0.1) is 0 Å². The Balaban J connectivity index is 5.23. The fraction of sp³-hybridized carbons (Fsp3) is 0. The van der Waals surface area contributed by atoms with Gasteiger partial charge in [-0.15, -0.1) is 0 Å². The minimum atomic E-state index is -8.36. The van der Waals surface area contributed by atoms with E-state index in [-0.39, 0.29) is 0 Å². The van der Waals surface area contributed by atoms with E-state index in [0.29, 0.717) is 3.77 Å². The summed E-state index contributed by atoms with van der Waals surface area (Å²) in [6.45, 7) is 0. The Hall–Kier alpha value is -0.250. The van der Waals surface area contributed by atoms with Gasteiger partial charge in [0.15, 0.2) is 0 Å². The van der Waals surface area contributed by atoms with Crippen molar-refractivity contribution in [3.05, 3.63) is 0 Å². The Morgan fingerprint density at radius 2 is 1.40 bits per heavy atom. The quantitative estimate of drug-likeness (QED) is 0.482. The maximum Gasteiger partial charge on any atom is 0.430 e. The molecule has 0 unspecified atom stereocenters. The molecule has 0 bridgehead atoms. The second-order valence-electron chi connectivity index (χ2n) is 1.11. The first-order valence-corrected chi connectivity index (χ1v) is 4.41. The number of rotatable bonds is 1. The van der Waals surface area contributed by atoms with Crippen LogP contribution in [0.4, 0.5) is 19.4 Å². The zero-order valence-corrected chi connectivity index (χ0v) is 5.60. The molecule has 0 amide bonds. The molecule has 10 heavy (non-hydrogen) atoms. The van der Waals surface area contributed by atoms with Gasteiger partial charge in [0.05, 0.1) is 0 Å². The zero-order chi connectivity index (χ0) is 8.65. The summed E-state index contributed by atoms with van der Waals surface area (Å²) in [5, 5.41) is 0. The molecule has 0 aromatic heterocycles. The molecule has 0 saturated carbocycles. The number of hydrogen-bond acceptors (Lipinski definition) is 2. The third kappa shape index (κ3) is 7.75. The van der Waals surface area contributed by atoms with Crippen LogP contribution in [-0.4, -0.2) is 8.42 Å². The summed E-state index contributed by atoms with van der Waals surface area (Å²) >= 11 is 0. The fourth-order valence-electron chi connectivity index (χ4n) is 0.135. The van der Waals surface area contributed by atoms with Gasteiger partial charge in [-0.25, -0.2) is 0 Å². The first-order chi connectivity index (χ1) is 3.96. The van der Waals surface area contributed by atoms with Crippen LogP contribution in [0.1, 0.15) is 0 Å². The lowest BCUT2D eigenvalue weighted by atomic mass is 13.9. The van der Waals surface area contributed by atoms with Crippen LogP contribution in [0.15, 0.2) is 3.77 Å². The highest BCUT2D eigenvalue weighted by molar-refractivity contribution is 8.09. The molecule has 3 nitrogen and oxygen atoms in total. The molecular weight excluding hydrogens is 205 g/mol. The van der Waals surface area contributed by atoms with Crippen molar-refractivity contribution in [3.8, 4) is 0 Å². The van der Waals surface area contributed by atoms with Crippen LogP contribution >= 0.6 is 0 Å². The smallest absolute Gasteiger partial charge is 0.169 e. The van der Waals surface area contributed by atoms with Gasteiger partial charge in [-0.05, 0) is 3.77 Å². The highest BCUT2D eigenvalue weighted by Crippen LogP contribution is 2.38. The molecule has 0 aromatic rings. The lowest BCUT2D eigenvalue weighted by Gasteiger charge is -2.04. The second-order valence-corrected chi connectivity index (χ2v) is 3.79. The van der Waals surface area contributed by atoms with Crippen molar-refractivity contribution in [3.63, 3.8) is 0 Å². The van der Waals surface area contributed by atoms with Crippen molar-refractivity contribution >= 4 is 20.9 Å². The van der Waals surface area contributed by atoms with Crippen molar-refractivity contribution in [2.24, 2.45) is 3.77 Å². The monoisotopic (exact) mass is 205 g/mol. The van der Waals surface area contributed by atoms with E-state index in [1.807, 2.05) is 0 Å². The van der Waals surface area contributed by atoms with Gasteiger partial charge >= 0.3 is 20.9 Å². The van der Waals surface area contributed by atoms with Gasteiger partial charge in [0.1, 0.15) is 0 Å². The highest BCUT2D eigenvalue weighted by atomic mass is 32.4. The summed E-state index contributed by atoms with van der Waals surface area (Å²) in [4.78, 5) is 0. The van der Waals surface area contributed by atoms with E-state index in [2.05, 4.69) is 0 Å². The number of nitrogens with zero attached hydrogens (tertiary/aromatic N) is 1. The van der Waals surface area contributed by atoms with Gasteiger partial charge < -0.3 is 0 Å². The van der Waals surface area contributed by atoms with E-state index >= 15 is 0 Å². The van der Waals surface area contributed by atoms with Gasteiger partial charge in [0, 0.05) is 0 Å². The lowest BCUT2D eigenvalue weighted by Crippen LogP contribution is -2.03. The molecule has 0 rings (SSSR count). The second kappa shape index (κ2) is 1.87. The molecule has 0 heterocycles. The first kappa shape index (κ1) is 9.75. The van der Waals surface area contributed by atoms with Crippen molar-refractivity contribution in [2.75, 3.05) is 0 Å². The molecule has 0 saturated heterocycles. The van der Waals surface area contributed by atoms with Crippen LogP contribution in [0.3, 0.4) is 0 Å². The van der Waals surface area contributed by atoms with Crippen LogP contribution in [-0.2, 0) is 20.9 Å². The topological polar surface area (TPSA) is 46.5 Å². The van der Waals surface area contributed by atoms with E-state index in [1.54, 1.807) is 0 Å². The van der Waals surface area contributed by atoms with E-state index in [4.69, 9.17) is 8.42 Å². The van der Waals surface area contributed by atoms with E-state index in [9.17, 15) is 19.4 Å². The standard InChI is InChI=1S/F5NO2S2/c1-9(7,8)6-10(2,3,4)5. The number of hydrogen-bond donors (Lipinski definition) is 0. The SMILES string of the molecule is O=S(=O)(F)N=S(F)(F)(F)F. The van der Waals surface area contributed by atoms with E-state index < -0.39 is 20.9 Å². The van der Waals surface area contributed by atoms with Crippen LogP contribution < -0.4 is 0 Å². The number of halogens is 5. The largest absolute Gasteiger partial charge is 0.430 e. The normalized spacial score (nSPS) is 17.5. The summed E-state index contributed by atoms with van der Waals surface area (Å²) in [6, 6.07) is 0. The molecule has 0 spiro atoms. The Morgan fingerprint density at radius 1 is 1.10 bits per heavy atom. The summed E-state index contributed by atoms with van der Waals surface area (Å²) in [5.41, 5.74) is 0. The fourth-order valence-corrected chi connectivity index (χ4v) is 1.21. The van der Waals surface area contributed by atoms with Gasteiger partial charge in [0.25, 0.3) is 0 Å². The predicted octanol–water partition coefficient (Wildman–Crippen LogP) is 1.61. The summed E-state index contributed by atoms with van der Waals surface area (Å²) < 4.78 is 73.2. The maximum absolute atomic E-state index is 11.0. The average molecular weight is 205 g/mol. The first-order valence-electron chi connectivity index (χ1n) is 1.47.